The molecule has 1 atom stereocenters. The third kappa shape index (κ3) is 10.1. The average molecular weight is 254 g/mol. The summed E-state index contributed by atoms with van der Waals surface area (Å²) >= 11 is 0. The number of amides is 1. The quantitative estimate of drug-likeness (QED) is 0.537. The van der Waals surface area contributed by atoms with E-state index >= 15 is 0 Å². The molecule has 0 aliphatic rings. The van der Waals surface area contributed by atoms with Gasteiger partial charge in [-0.05, 0) is 13.8 Å². The van der Waals surface area contributed by atoms with Gasteiger partial charge in [-0.1, -0.05) is 13.8 Å². The Bertz CT molecular complexity index is 202. The van der Waals surface area contributed by atoms with E-state index < -0.39 is 11.8 Å². The van der Waals surface area contributed by atoms with Gasteiger partial charge in [0.1, 0.15) is 6.17 Å². The van der Waals surface area contributed by atoms with Gasteiger partial charge >= 0.3 is 0 Å². The summed E-state index contributed by atoms with van der Waals surface area (Å²) in [5.74, 6) is -0.293. The number of rotatable bonds is 7. The van der Waals surface area contributed by atoms with Crippen molar-refractivity contribution in [2.24, 2.45) is 0 Å². The number of halogens is 2. The number of alkyl halides is 1. The summed E-state index contributed by atoms with van der Waals surface area (Å²) in [6.45, 7) is 8.40. The second-order valence-corrected chi connectivity index (χ2v) is 3.74. The lowest BCUT2D eigenvalue weighted by molar-refractivity contribution is -0.120. The highest BCUT2D eigenvalue weighted by molar-refractivity contribution is 5.72. The van der Waals surface area contributed by atoms with Crippen LogP contribution in [0.5, 0.6) is 0 Å². The fourth-order valence-corrected chi connectivity index (χ4v) is 0.922. The Morgan fingerprint density at radius 3 is 2.35 bits per heavy atom. The second kappa shape index (κ2) is 10.4. The van der Waals surface area contributed by atoms with Gasteiger partial charge in [-0.15, -0.1) is 4.48 Å². The van der Waals surface area contributed by atoms with E-state index in [-0.39, 0.29) is 25.6 Å². The summed E-state index contributed by atoms with van der Waals surface area (Å²) in [5, 5.41) is 2.36. The van der Waals surface area contributed by atoms with Crippen molar-refractivity contribution in [1.82, 2.24) is 10.9 Å². The standard InChI is InChI=1S/C9H18F2N2O2.C2H6/c1-7(14)12-6-8(10)9(2,3)15-5-4-13-11;1-2/h8,13H,4-6H2,1-3H3,(H,12,14);1-2H3. The maximum atomic E-state index is 13.5. The molecule has 0 fully saturated rings. The SMILES string of the molecule is CC.CC(=O)NCC(F)C(C)(C)OCCNF. The number of nitrogens with one attached hydrogen (secondary N) is 2. The van der Waals surface area contributed by atoms with Crippen LogP contribution in [0.2, 0.25) is 0 Å². The third-order valence-corrected chi connectivity index (χ3v) is 1.96. The highest BCUT2D eigenvalue weighted by Crippen LogP contribution is 2.17. The van der Waals surface area contributed by atoms with Crippen LogP contribution >= 0.6 is 0 Å². The van der Waals surface area contributed by atoms with E-state index in [9.17, 15) is 13.7 Å². The van der Waals surface area contributed by atoms with Crippen molar-refractivity contribution in [3.63, 3.8) is 0 Å². The lowest BCUT2D eigenvalue weighted by Crippen LogP contribution is -2.44. The predicted octanol–water partition coefficient (Wildman–Crippen LogP) is 1.76. The third-order valence-electron chi connectivity index (χ3n) is 1.96. The summed E-state index contributed by atoms with van der Waals surface area (Å²) in [7, 11) is 0. The smallest absolute Gasteiger partial charge is 0.216 e. The Morgan fingerprint density at radius 1 is 1.41 bits per heavy atom. The molecular formula is C11H24F2N2O2. The first-order valence-corrected chi connectivity index (χ1v) is 5.76. The van der Waals surface area contributed by atoms with Crippen LogP contribution in [-0.2, 0) is 9.53 Å². The molecule has 0 bridgehead atoms. The zero-order chi connectivity index (χ0) is 13.9. The van der Waals surface area contributed by atoms with Crippen molar-refractivity contribution in [3.8, 4) is 0 Å². The Morgan fingerprint density at radius 2 is 1.94 bits per heavy atom. The molecular weight excluding hydrogens is 230 g/mol. The van der Waals surface area contributed by atoms with E-state index in [4.69, 9.17) is 4.74 Å². The summed E-state index contributed by atoms with van der Waals surface area (Å²) in [6, 6.07) is 0. The van der Waals surface area contributed by atoms with Gasteiger partial charge in [0.2, 0.25) is 5.91 Å². The molecule has 6 heteroatoms. The molecule has 1 amide bonds. The van der Waals surface area contributed by atoms with E-state index in [2.05, 4.69) is 5.32 Å². The van der Waals surface area contributed by atoms with Crippen LogP contribution in [0, 0.1) is 0 Å². The predicted molar refractivity (Wildman–Crippen MR) is 64.1 cm³/mol. The van der Waals surface area contributed by atoms with Crippen molar-refractivity contribution in [2.75, 3.05) is 19.7 Å². The minimum Gasteiger partial charge on any atom is -0.371 e. The van der Waals surface area contributed by atoms with Gasteiger partial charge in [0.15, 0.2) is 0 Å². The monoisotopic (exact) mass is 254 g/mol. The molecule has 0 saturated carbocycles. The van der Waals surface area contributed by atoms with Gasteiger partial charge in [0.05, 0.1) is 18.8 Å². The maximum Gasteiger partial charge on any atom is 0.216 e. The minimum absolute atomic E-state index is 0.0102. The maximum absolute atomic E-state index is 13.5. The lowest BCUT2D eigenvalue weighted by atomic mass is 10.0. The van der Waals surface area contributed by atoms with Gasteiger partial charge in [-0.25, -0.2) is 4.39 Å². The number of hydrogen-bond acceptors (Lipinski definition) is 3. The van der Waals surface area contributed by atoms with E-state index in [1.54, 1.807) is 13.8 Å². The van der Waals surface area contributed by atoms with Gasteiger partial charge in [-0.3, -0.25) is 4.79 Å². The molecule has 0 spiro atoms. The zero-order valence-electron chi connectivity index (χ0n) is 11.3. The number of ether oxygens (including phenoxy) is 1. The molecule has 2 N–H and O–H groups in total. The Hall–Kier alpha value is -0.750. The Labute approximate surface area is 102 Å². The second-order valence-electron chi connectivity index (χ2n) is 3.74. The molecule has 4 nitrogen and oxygen atoms in total. The first kappa shape index (κ1) is 18.6. The summed E-state index contributed by atoms with van der Waals surface area (Å²) in [5.41, 5.74) is 0.370. The summed E-state index contributed by atoms with van der Waals surface area (Å²) in [4.78, 5) is 10.6. The molecule has 0 aromatic carbocycles. The first-order chi connectivity index (χ1) is 7.90. The van der Waals surface area contributed by atoms with Crippen LogP contribution < -0.4 is 10.9 Å². The van der Waals surface area contributed by atoms with Crippen LogP contribution in [0.1, 0.15) is 34.6 Å². The van der Waals surface area contributed by atoms with Crippen LogP contribution in [0.4, 0.5) is 8.87 Å². The highest BCUT2D eigenvalue weighted by Gasteiger charge is 2.30. The molecule has 0 aliphatic heterocycles. The summed E-state index contributed by atoms with van der Waals surface area (Å²) in [6.07, 6.45) is -1.33. The molecule has 0 radical (unpaired) electrons. The normalized spacial score (nSPS) is 12.4. The number of carbonyl (C=O) groups excluding carboxylic acids is 1. The number of carbonyl (C=O) groups is 1. The van der Waals surface area contributed by atoms with Crippen molar-refractivity contribution >= 4 is 5.91 Å². The fourth-order valence-electron chi connectivity index (χ4n) is 0.922. The van der Waals surface area contributed by atoms with Crippen LogP contribution in [0.3, 0.4) is 0 Å². The Kier molecular flexibility index (Phi) is 11.4. The highest BCUT2D eigenvalue weighted by atomic mass is 19.2. The van der Waals surface area contributed by atoms with E-state index in [1.165, 1.54) is 12.5 Å². The molecule has 0 saturated heterocycles. The Balaban J connectivity index is 0. The van der Waals surface area contributed by atoms with Gasteiger partial charge in [0, 0.05) is 13.5 Å². The van der Waals surface area contributed by atoms with E-state index in [0.717, 1.165) is 0 Å². The van der Waals surface area contributed by atoms with Crippen LogP contribution in [0.25, 0.3) is 0 Å². The van der Waals surface area contributed by atoms with E-state index in [1.807, 2.05) is 13.8 Å². The molecule has 0 aromatic rings. The molecule has 1 unspecified atom stereocenters. The average Bonchev–Trinajstić information content (AvgIpc) is 2.28. The molecule has 104 valence electrons. The topological polar surface area (TPSA) is 50.4 Å². The molecule has 0 rings (SSSR count). The van der Waals surface area contributed by atoms with Crippen molar-refractivity contribution < 1.29 is 18.4 Å². The molecule has 0 heterocycles. The first-order valence-electron chi connectivity index (χ1n) is 5.76. The van der Waals surface area contributed by atoms with Crippen molar-refractivity contribution in [2.45, 2.75) is 46.4 Å². The van der Waals surface area contributed by atoms with Crippen molar-refractivity contribution in [1.29, 1.82) is 0 Å². The summed E-state index contributed by atoms with van der Waals surface area (Å²) < 4.78 is 30.2. The largest absolute Gasteiger partial charge is 0.371 e. The number of hydrogen-bond donors (Lipinski definition) is 2. The van der Waals surface area contributed by atoms with Crippen LogP contribution in [-0.4, -0.2) is 37.4 Å². The van der Waals surface area contributed by atoms with E-state index in [0.29, 0.717) is 0 Å². The zero-order valence-corrected chi connectivity index (χ0v) is 11.3. The molecule has 0 aromatic heterocycles. The molecule has 0 aliphatic carbocycles. The van der Waals surface area contributed by atoms with Crippen LogP contribution in [0.15, 0.2) is 0 Å². The minimum atomic E-state index is -1.33. The fraction of sp³-hybridized carbons (Fsp3) is 0.909. The molecule has 17 heavy (non-hydrogen) atoms. The van der Waals surface area contributed by atoms with Gasteiger partial charge in [-0.2, -0.15) is 5.54 Å². The lowest BCUT2D eigenvalue weighted by Gasteiger charge is -2.29. The van der Waals surface area contributed by atoms with Gasteiger partial charge < -0.3 is 10.1 Å². The van der Waals surface area contributed by atoms with Gasteiger partial charge in [0.25, 0.3) is 0 Å². The van der Waals surface area contributed by atoms with Crippen molar-refractivity contribution in [3.05, 3.63) is 0 Å².